The summed E-state index contributed by atoms with van der Waals surface area (Å²) in [4.78, 5) is 55.1. The van der Waals surface area contributed by atoms with Crippen LogP contribution in [0.4, 0.5) is 0 Å². The average Bonchev–Trinajstić information content (AvgIpc) is 0.830. The number of benzene rings is 4. The van der Waals surface area contributed by atoms with Crippen LogP contribution in [0.25, 0.3) is 0 Å². The van der Waals surface area contributed by atoms with Crippen LogP contribution in [0.15, 0.2) is 67.1 Å². The molecule has 0 bridgehead atoms. The maximum Gasteiger partial charge on any atom is 0.264 e. The van der Waals surface area contributed by atoms with E-state index in [1.807, 2.05) is 6.92 Å². The summed E-state index contributed by atoms with van der Waals surface area (Å²) in [6.07, 6.45) is 8.72. The standard InChI is InChI=1S/C85H127N13O43S9/c1-2-24-86-82(99)63-52-70(130-31-6-3-21-67-60-96(93-90-67)28-9-25-87-83(100)64-54-72(132-34-12-43-142(103,104)105)79(139-40-18-49-148(121,122)123)73(55-64)133-35-13-44-143(106,107)108)78(138-33-8-5-23-69-62-98(95-92-69)30-11-27-89-85(102)66-58-76(136-38-16-47-146(115,116)117)81(141-42-20-51-150(127,128)129)77(59-66)137-39-17-48-147(118,119)120)71(53-63)131-32-7-4-22-68-61-97(94-91-68)29-10-26-88-84(101)65-56-74(134-36-14-45-144(109,110)111)80(140-41-19-50-149(124,125)126)75(57-65)135-37-15-46-145(112,113)114/h52-62H,2-51H2,1H3,(H,86,99)(H,87,100)(H,88,101)(H,89,102)(H,103,104,105)(H,106,107,108)(H,109,110,111)(H,112,113,114)(H,115,116,117)(H,118,119,120)(H,121,122,123)(H,124,125,126)(H,127,128,129). The van der Waals surface area contributed by atoms with Crippen molar-refractivity contribution in [2.45, 2.75) is 168 Å². The minimum Gasteiger partial charge on any atom is -0.490 e. The van der Waals surface area contributed by atoms with E-state index in [9.17, 15) is 136 Å². The Morgan fingerprint density at radius 1 is 0.240 bits per heavy atom. The van der Waals surface area contributed by atoms with Gasteiger partial charge in [-0.3, -0.25) is 74.2 Å². The largest absolute Gasteiger partial charge is 0.490 e. The molecule has 7 aromatic rings. The smallest absolute Gasteiger partial charge is 0.264 e. The van der Waals surface area contributed by atoms with E-state index >= 15 is 0 Å². The summed E-state index contributed by atoms with van der Waals surface area (Å²) in [6.45, 7) is 0.303. The first kappa shape index (κ1) is 126. The number of ether oxygens (including phenoxy) is 12. The number of rotatable bonds is 81. The van der Waals surface area contributed by atoms with Crippen molar-refractivity contribution in [3.63, 3.8) is 0 Å². The third kappa shape index (κ3) is 53.8. The number of carbonyl (C=O) groups is 4. The van der Waals surface area contributed by atoms with Crippen LogP contribution in [-0.2, 0) is 130 Å². The number of nitrogens with zero attached hydrogens (tertiary/aromatic N) is 9. The molecule has 0 aliphatic carbocycles. The Hall–Kier alpha value is -11.0. The fourth-order valence-electron chi connectivity index (χ4n) is 13.5. The highest BCUT2D eigenvalue weighted by atomic mass is 32.3. The Bertz CT molecular complexity index is 6200. The van der Waals surface area contributed by atoms with Crippen LogP contribution < -0.4 is 78.1 Å². The summed E-state index contributed by atoms with van der Waals surface area (Å²) in [5, 5.41) is 36.9. The van der Waals surface area contributed by atoms with Gasteiger partial charge in [0.25, 0.3) is 115 Å². The molecule has 7 rings (SSSR count). The van der Waals surface area contributed by atoms with Crippen LogP contribution in [0.5, 0.6) is 69.0 Å². The molecule has 0 unspecified atom stereocenters. The SMILES string of the molecule is CCCNC(=O)c1cc(OCCCCc2cn(CCCNC(=O)c3cc(OCCCS(=O)(=O)O)c(OCCCS(=O)(=O)O)c(OCCCS(=O)(=O)O)c3)nn2)c(OCCCCc2cn(CCCNC(=O)c3cc(OCCCS(=O)(=O)O)c(OCCCS(=O)(=O)O)c(OCCCS(=O)(=O)O)c3)nn2)c(OCCCCc2cn(CCCNC(=O)c3cc(OCCCS(=O)(=O)O)c(OCCCS(=O)(=O)O)c(OCCCS(=O)(=O)O)c3)nn2)c1. The van der Waals surface area contributed by atoms with E-state index in [1.54, 1.807) is 44.8 Å². The zero-order valence-corrected chi connectivity index (χ0v) is 89.2. The highest BCUT2D eigenvalue weighted by molar-refractivity contribution is 7.87. The first-order chi connectivity index (χ1) is 70.6. The number of carbonyl (C=O) groups excluding carboxylic acids is 4. The van der Waals surface area contributed by atoms with E-state index in [1.165, 1.54) is 36.4 Å². The topological polar surface area (TPSA) is 809 Å². The van der Waals surface area contributed by atoms with Crippen molar-refractivity contribution in [3.05, 3.63) is 106 Å². The number of amides is 4. The predicted octanol–water partition coefficient (Wildman–Crippen LogP) is 4.18. The molecule has 13 N–H and O–H groups in total. The van der Waals surface area contributed by atoms with Crippen molar-refractivity contribution in [2.24, 2.45) is 0 Å². The van der Waals surface area contributed by atoms with Gasteiger partial charge in [0.2, 0.25) is 23.0 Å². The van der Waals surface area contributed by atoms with Gasteiger partial charge in [-0.15, -0.1) is 15.3 Å². The lowest BCUT2D eigenvalue weighted by Gasteiger charge is -2.19. The van der Waals surface area contributed by atoms with Crippen molar-refractivity contribution in [1.29, 1.82) is 0 Å². The van der Waals surface area contributed by atoms with E-state index in [0.717, 1.165) is 0 Å². The maximum atomic E-state index is 13.9. The van der Waals surface area contributed by atoms with Gasteiger partial charge >= 0.3 is 0 Å². The lowest BCUT2D eigenvalue weighted by atomic mass is 10.1. The molecule has 65 heteroatoms. The van der Waals surface area contributed by atoms with Gasteiger partial charge in [-0.25, -0.2) is 0 Å². The summed E-state index contributed by atoms with van der Waals surface area (Å²) in [5.41, 5.74) is 1.77. The number of unbranched alkanes of at least 4 members (excludes halogenated alkanes) is 3. The van der Waals surface area contributed by atoms with Crippen LogP contribution in [0, 0.1) is 0 Å². The second-order valence-electron chi connectivity index (χ2n) is 33.5. The molecule has 150 heavy (non-hydrogen) atoms. The fourth-order valence-corrected chi connectivity index (χ4v) is 17.8. The Balaban J connectivity index is 1.01. The lowest BCUT2D eigenvalue weighted by Crippen LogP contribution is -2.25. The third-order valence-corrected chi connectivity index (χ3v) is 27.7. The fraction of sp³-hybridized carbons (Fsp3) is 0.600. The van der Waals surface area contributed by atoms with Crippen molar-refractivity contribution in [2.75, 3.05) is 157 Å². The second-order valence-corrected chi connectivity index (χ2v) is 47.7. The van der Waals surface area contributed by atoms with Crippen LogP contribution >= 0.6 is 0 Å². The predicted molar refractivity (Wildman–Crippen MR) is 533 cm³/mol. The maximum absolute atomic E-state index is 13.9. The van der Waals surface area contributed by atoms with Crippen LogP contribution in [0.3, 0.4) is 0 Å². The molecule has 4 aromatic carbocycles. The van der Waals surface area contributed by atoms with Crippen molar-refractivity contribution in [3.8, 4) is 69.0 Å². The molecule has 0 spiro atoms. The van der Waals surface area contributed by atoms with E-state index < -0.39 is 166 Å². The van der Waals surface area contributed by atoms with Crippen LogP contribution in [0.2, 0.25) is 0 Å². The quantitative estimate of drug-likeness (QED) is 0.0188. The zero-order chi connectivity index (χ0) is 110. The molecule has 0 radical (unpaired) electrons. The molecule has 844 valence electrons. The molecule has 0 aliphatic rings. The number of nitrogens with one attached hydrogen (secondary N) is 4. The van der Waals surface area contributed by atoms with E-state index in [0.29, 0.717) is 107 Å². The van der Waals surface area contributed by atoms with Crippen molar-refractivity contribution < 1.29 is 193 Å². The molecule has 3 aromatic heterocycles. The van der Waals surface area contributed by atoms with Crippen LogP contribution in [0.1, 0.15) is 187 Å². The van der Waals surface area contributed by atoms with Gasteiger partial charge in [0, 0.05) is 86.7 Å². The van der Waals surface area contributed by atoms with Gasteiger partial charge in [0.1, 0.15) is 0 Å². The van der Waals surface area contributed by atoms with Gasteiger partial charge in [-0.2, -0.15) is 75.8 Å². The molecular formula is C85H127N13O43S9. The first-order valence-electron chi connectivity index (χ1n) is 47.2. The summed E-state index contributed by atoms with van der Waals surface area (Å²) in [5.74, 6) is -10.0. The molecule has 0 saturated carbocycles. The Morgan fingerprint density at radius 2 is 0.407 bits per heavy atom. The molecule has 0 saturated heterocycles. The summed E-state index contributed by atoms with van der Waals surface area (Å²) >= 11 is 0. The summed E-state index contributed by atoms with van der Waals surface area (Å²) < 4.78 is 366. The summed E-state index contributed by atoms with van der Waals surface area (Å²) in [7, 11) is -39.8. The third-order valence-electron chi connectivity index (χ3n) is 20.4. The van der Waals surface area contributed by atoms with Gasteiger partial charge in [0.15, 0.2) is 46.0 Å². The van der Waals surface area contributed by atoms with Gasteiger partial charge in [-0.1, -0.05) is 22.6 Å². The molecule has 3 heterocycles. The monoisotopic (exact) mass is 2310 g/mol. The minimum absolute atomic E-state index is 0.0631. The minimum atomic E-state index is -4.42. The Labute approximate surface area is 868 Å². The molecule has 56 nitrogen and oxygen atoms in total. The first-order valence-corrected chi connectivity index (χ1v) is 61.7. The van der Waals surface area contributed by atoms with E-state index in [4.69, 9.17) is 56.8 Å². The number of hydrogen-bond donors (Lipinski definition) is 13. The second kappa shape index (κ2) is 62.2. The van der Waals surface area contributed by atoms with Gasteiger partial charge < -0.3 is 78.1 Å². The number of aromatic nitrogens is 9. The summed E-state index contributed by atoms with van der Waals surface area (Å²) in [6, 6.07) is 10.5. The average molecular weight is 2310 g/mol. The van der Waals surface area contributed by atoms with E-state index in [2.05, 4.69) is 52.2 Å². The molecule has 4 amide bonds. The molecular weight excluding hydrogens is 2180 g/mol. The Kier molecular flexibility index (Phi) is 52.2. The van der Waals surface area contributed by atoms with Crippen LogP contribution in [-0.4, -0.2) is 343 Å². The molecule has 0 atom stereocenters. The molecule has 0 fully saturated rings. The number of hydrogen-bond acceptors (Lipinski definition) is 40. The zero-order valence-electron chi connectivity index (χ0n) is 81.8. The normalized spacial score (nSPS) is 12.3. The molecule has 0 aliphatic heterocycles. The van der Waals surface area contributed by atoms with Gasteiger partial charge in [-0.05, 0) is 190 Å². The van der Waals surface area contributed by atoms with Crippen molar-refractivity contribution >= 4 is 115 Å². The lowest BCUT2D eigenvalue weighted by molar-refractivity contribution is 0.0943. The van der Waals surface area contributed by atoms with E-state index in [-0.39, 0.29) is 268 Å². The highest BCUT2D eigenvalue weighted by Crippen LogP contribution is 2.44. The van der Waals surface area contributed by atoms with Gasteiger partial charge in [0.05, 0.1) is 148 Å². The Morgan fingerprint density at radius 3 is 0.587 bits per heavy atom. The highest BCUT2D eigenvalue weighted by Gasteiger charge is 2.28. The van der Waals surface area contributed by atoms with Crippen molar-refractivity contribution in [1.82, 2.24) is 66.2 Å². The number of aryl methyl sites for hydroxylation is 6.